The first-order valence-electron chi connectivity index (χ1n) is 7.49. The zero-order valence-corrected chi connectivity index (χ0v) is 14.2. The zero-order chi connectivity index (χ0) is 16.4. The number of hydrogen-bond donors (Lipinski definition) is 1. The van der Waals surface area contributed by atoms with Gasteiger partial charge in [-0.25, -0.2) is 9.98 Å². The van der Waals surface area contributed by atoms with Gasteiger partial charge in [-0.2, -0.15) is 0 Å². The standard InChI is InChI=1S/C19H13BrN4/c20-15-6-7-16-17(12-15)23-18(13-4-2-1-3-5-13)24-19(22-16)14-8-10-21-11-9-14/h1-12H,(H,22,23,24). The number of aromatic nitrogens is 1. The Morgan fingerprint density at radius 3 is 2.38 bits per heavy atom. The number of aliphatic imine (C=N–C) groups is 2. The van der Waals surface area contributed by atoms with Gasteiger partial charge in [0.1, 0.15) is 5.84 Å². The Labute approximate surface area is 148 Å². The third-order valence-electron chi connectivity index (χ3n) is 3.64. The summed E-state index contributed by atoms with van der Waals surface area (Å²) in [5.74, 6) is 1.42. The van der Waals surface area contributed by atoms with Crippen LogP contribution in [0.25, 0.3) is 0 Å². The summed E-state index contributed by atoms with van der Waals surface area (Å²) in [4.78, 5) is 13.6. The molecule has 0 unspecified atom stereocenters. The van der Waals surface area contributed by atoms with E-state index in [1.807, 2.05) is 60.7 Å². The van der Waals surface area contributed by atoms with Gasteiger partial charge in [-0.1, -0.05) is 46.3 Å². The first kappa shape index (κ1) is 14.8. The van der Waals surface area contributed by atoms with Crippen molar-refractivity contribution in [3.8, 4) is 0 Å². The quantitative estimate of drug-likeness (QED) is 0.698. The second-order valence-corrected chi connectivity index (χ2v) is 6.20. The molecule has 1 N–H and O–H groups in total. The van der Waals surface area contributed by atoms with Crippen molar-refractivity contribution in [2.75, 3.05) is 5.32 Å². The Balaban J connectivity index is 1.90. The monoisotopic (exact) mass is 376 g/mol. The van der Waals surface area contributed by atoms with Crippen LogP contribution in [0.2, 0.25) is 0 Å². The minimum atomic E-state index is 0.657. The Kier molecular flexibility index (Phi) is 3.92. The molecule has 0 fully saturated rings. The number of nitrogens with zero attached hydrogens (tertiary/aromatic N) is 3. The van der Waals surface area contributed by atoms with Crippen LogP contribution in [0.1, 0.15) is 11.1 Å². The maximum absolute atomic E-state index is 4.77. The number of rotatable bonds is 2. The van der Waals surface area contributed by atoms with Crippen LogP contribution in [0.15, 0.2) is 87.5 Å². The van der Waals surface area contributed by atoms with E-state index in [0.29, 0.717) is 5.84 Å². The summed E-state index contributed by atoms with van der Waals surface area (Å²) >= 11 is 3.52. The van der Waals surface area contributed by atoms with Crippen molar-refractivity contribution in [2.24, 2.45) is 9.98 Å². The van der Waals surface area contributed by atoms with Crippen LogP contribution in [-0.2, 0) is 0 Å². The summed E-state index contributed by atoms with van der Waals surface area (Å²) < 4.78 is 0.990. The SMILES string of the molecule is Brc1ccc2c(c1)NC(c1ccccc1)=NC(c1ccncc1)=N2. The van der Waals surface area contributed by atoms with Gasteiger partial charge in [0.15, 0.2) is 5.84 Å². The van der Waals surface area contributed by atoms with Crippen molar-refractivity contribution in [2.45, 2.75) is 0 Å². The third kappa shape index (κ3) is 2.98. The molecular formula is C19H13BrN4. The molecule has 0 saturated carbocycles. The molecule has 0 bridgehead atoms. The second kappa shape index (κ2) is 6.37. The molecule has 1 aliphatic heterocycles. The number of hydrogen-bond acceptors (Lipinski definition) is 4. The van der Waals surface area contributed by atoms with Crippen molar-refractivity contribution in [1.82, 2.24) is 4.98 Å². The molecule has 24 heavy (non-hydrogen) atoms. The van der Waals surface area contributed by atoms with Crippen molar-refractivity contribution < 1.29 is 0 Å². The van der Waals surface area contributed by atoms with Gasteiger partial charge in [0.2, 0.25) is 0 Å². The minimum Gasteiger partial charge on any atom is -0.338 e. The van der Waals surface area contributed by atoms with E-state index in [2.05, 4.69) is 26.2 Å². The lowest BCUT2D eigenvalue weighted by Crippen LogP contribution is -2.14. The molecule has 5 heteroatoms. The highest BCUT2D eigenvalue weighted by Gasteiger charge is 2.15. The highest BCUT2D eigenvalue weighted by Crippen LogP contribution is 2.31. The average molecular weight is 377 g/mol. The molecule has 2 heterocycles. The van der Waals surface area contributed by atoms with E-state index < -0.39 is 0 Å². The maximum atomic E-state index is 4.77. The third-order valence-corrected chi connectivity index (χ3v) is 4.13. The molecule has 0 radical (unpaired) electrons. The molecule has 4 nitrogen and oxygen atoms in total. The summed E-state index contributed by atoms with van der Waals surface area (Å²) in [6.45, 7) is 0. The van der Waals surface area contributed by atoms with Crippen molar-refractivity contribution >= 4 is 39.0 Å². The number of nitrogens with one attached hydrogen (secondary N) is 1. The van der Waals surface area contributed by atoms with Crippen LogP contribution < -0.4 is 5.32 Å². The molecule has 3 aromatic rings. The zero-order valence-electron chi connectivity index (χ0n) is 12.6. The van der Waals surface area contributed by atoms with Crippen LogP contribution in [0.4, 0.5) is 11.4 Å². The fourth-order valence-electron chi connectivity index (χ4n) is 2.47. The second-order valence-electron chi connectivity index (χ2n) is 5.28. The van der Waals surface area contributed by atoms with Gasteiger partial charge in [-0.3, -0.25) is 4.98 Å². The van der Waals surface area contributed by atoms with E-state index in [-0.39, 0.29) is 0 Å². The van der Waals surface area contributed by atoms with E-state index in [9.17, 15) is 0 Å². The topological polar surface area (TPSA) is 49.6 Å². The van der Waals surface area contributed by atoms with Gasteiger partial charge in [0, 0.05) is 28.0 Å². The van der Waals surface area contributed by atoms with E-state index in [1.165, 1.54) is 0 Å². The number of amidine groups is 2. The van der Waals surface area contributed by atoms with Gasteiger partial charge in [-0.15, -0.1) is 0 Å². The predicted octanol–water partition coefficient (Wildman–Crippen LogP) is 4.79. The van der Waals surface area contributed by atoms with Crippen molar-refractivity contribution in [3.05, 3.63) is 88.7 Å². The van der Waals surface area contributed by atoms with Crippen molar-refractivity contribution in [1.29, 1.82) is 0 Å². The number of pyridine rings is 1. The summed E-state index contributed by atoms with van der Waals surface area (Å²) in [5, 5.41) is 3.41. The highest BCUT2D eigenvalue weighted by molar-refractivity contribution is 9.10. The molecule has 1 aliphatic rings. The molecular weight excluding hydrogens is 364 g/mol. The number of fused-ring (bicyclic) bond motifs is 1. The fourth-order valence-corrected chi connectivity index (χ4v) is 2.83. The number of benzene rings is 2. The minimum absolute atomic E-state index is 0.657. The predicted molar refractivity (Wildman–Crippen MR) is 101 cm³/mol. The molecule has 0 aliphatic carbocycles. The van der Waals surface area contributed by atoms with Gasteiger partial charge in [0.05, 0.1) is 11.4 Å². The van der Waals surface area contributed by atoms with E-state index in [1.54, 1.807) is 12.4 Å². The fraction of sp³-hybridized carbons (Fsp3) is 0. The van der Waals surface area contributed by atoms with Crippen LogP contribution in [0.3, 0.4) is 0 Å². The maximum Gasteiger partial charge on any atom is 0.162 e. The van der Waals surface area contributed by atoms with E-state index in [0.717, 1.165) is 32.8 Å². The normalized spacial score (nSPS) is 13.2. The molecule has 0 saturated heterocycles. The van der Waals surface area contributed by atoms with E-state index >= 15 is 0 Å². The Morgan fingerprint density at radius 1 is 0.792 bits per heavy atom. The van der Waals surface area contributed by atoms with Crippen LogP contribution in [0.5, 0.6) is 0 Å². The number of anilines is 1. The van der Waals surface area contributed by atoms with Gasteiger partial charge >= 0.3 is 0 Å². The summed E-state index contributed by atoms with van der Waals surface area (Å²) in [6, 6.07) is 19.8. The van der Waals surface area contributed by atoms with Gasteiger partial charge in [-0.05, 0) is 30.3 Å². The summed E-state index contributed by atoms with van der Waals surface area (Å²) in [6.07, 6.45) is 3.49. The number of halogens is 1. The smallest absolute Gasteiger partial charge is 0.162 e. The molecule has 116 valence electrons. The van der Waals surface area contributed by atoms with E-state index in [4.69, 9.17) is 9.98 Å². The van der Waals surface area contributed by atoms with Crippen LogP contribution >= 0.6 is 15.9 Å². The largest absolute Gasteiger partial charge is 0.338 e. The molecule has 0 amide bonds. The van der Waals surface area contributed by atoms with Gasteiger partial charge in [0.25, 0.3) is 0 Å². The Bertz CT molecular complexity index is 934. The van der Waals surface area contributed by atoms with Crippen molar-refractivity contribution in [3.63, 3.8) is 0 Å². The average Bonchev–Trinajstić information content (AvgIpc) is 2.82. The lowest BCUT2D eigenvalue weighted by molar-refractivity contribution is 1.31. The van der Waals surface area contributed by atoms with Crippen LogP contribution in [0, 0.1) is 0 Å². The molecule has 4 rings (SSSR count). The molecule has 1 aromatic heterocycles. The highest BCUT2D eigenvalue weighted by atomic mass is 79.9. The lowest BCUT2D eigenvalue weighted by atomic mass is 10.2. The first-order valence-corrected chi connectivity index (χ1v) is 8.29. The summed E-state index contributed by atoms with van der Waals surface area (Å²) in [7, 11) is 0. The first-order chi connectivity index (χ1) is 11.8. The lowest BCUT2D eigenvalue weighted by Gasteiger charge is -2.10. The summed E-state index contributed by atoms with van der Waals surface area (Å²) in [5.41, 5.74) is 3.69. The van der Waals surface area contributed by atoms with Crippen LogP contribution in [-0.4, -0.2) is 16.7 Å². The molecule has 2 aromatic carbocycles. The Morgan fingerprint density at radius 2 is 1.58 bits per heavy atom. The Hall–Kier alpha value is -2.79. The molecule has 0 atom stereocenters. The van der Waals surface area contributed by atoms with Gasteiger partial charge < -0.3 is 5.32 Å². The molecule has 0 spiro atoms.